The smallest absolute Gasteiger partial charge is 0.101 e. The van der Waals surface area contributed by atoms with Crippen LogP contribution in [0.1, 0.15) is 37.5 Å². The van der Waals surface area contributed by atoms with Gasteiger partial charge < -0.3 is 4.57 Å². The summed E-state index contributed by atoms with van der Waals surface area (Å²) in [6.45, 7) is 1.24. The van der Waals surface area contributed by atoms with E-state index < -0.39 is 0 Å². The summed E-state index contributed by atoms with van der Waals surface area (Å²) < 4.78 is 3.02. The van der Waals surface area contributed by atoms with E-state index in [0.717, 1.165) is 5.92 Å². The number of hydrogen-bond donors (Lipinski definition) is 0. The maximum Gasteiger partial charge on any atom is 0.101 e. The van der Waals surface area contributed by atoms with Crippen LogP contribution < -0.4 is 0 Å². The van der Waals surface area contributed by atoms with Crippen molar-refractivity contribution in [1.29, 1.82) is 0 Å². The van der Waals surface area contributed by atoms with Gasteiger partial charge >= 0.3 is 0 Å². The van der Waals surface area contributed by atoms with E-state index in [1.807, 2.05) is 0 Å². The molecule has 0 unspecified atom stereocenters. The number of benzene rings is 1. The van der Waals surface area contributed by atoms with Gasteiger partial charge in [-0.25, -0.2) is 0 Å². The molecule has 2 fully saturated rings. The van der Waals surface area contributed by atoms with Crippen LogP contribution in [0.4, 0.5) is 0 Å². The highest BCUT2D eigenvalue weighted by molar-refractivity contribution is 8.18. The van der Waals surface area contributed by atoms with E-state index in [-0.39, 0.29) is 0 Å². The predicted octanol–water partition coefficient (Wildman–Crippen LogP) is 4.91. The van der Waals surface area contributed by atoms with Crippen LogP contribution in [0, 0.1) is 5.92 Å². The summed E-state index contributed by atoms with van der Waals surface area (Å²) in [4.78, 5) is 2.61. The third-order valence-electron chi connectivity index (χ3n) is 5.85. The Morgan fingerprint density at radius 3 is 2.83 bits per heavy atom. The van der Waals surface area contributed by atoms with Crippen molar-refractivity contribution < 1.29 is 0 Å². The number of nitrogens with zero attached hydrogens (tertiary/aromatic N) is 2. The molecule has 3 aliphatic rings. The first-order valence-electron chi connectivity index (χ1n) is 8.87. The van der Waals surface area contributed by atoms with E-state index in [9.17, 15) is 0 Å². The van der Waals surface area contributed by atoms with Gasteiger partial charge in [-0.3, -0.25) is 4.90 Å². The number of aromatic nitrogens is 1. The van der Waals surface area contributed by atoms with Gasteiger partial charge in [0.2, 0.25) is 0 Å². The van der Waals surface area contributed by atoms with Crippen LogP contribution in [0.2, 0.25) is 0 Å². The van der Waals surface area contributed by atoms with Crippen molar-refractivity contribution >= 4 is 34.4 Å². The van der Waals surface area contributed by atoms with E-state index in [1.165, 1.54) is 54.6 Å². The largest absolute Gasteiger partial charge is 0.326 e. The van der Waals surface area contributed by atoms with Crippen molar-refractivity contribution in [1.82, 2.24) is 9.47 Å². The summed E-state index contributed by atoms with van der Waals surface area (Å²) in [6, 6.07) is 11.5. The molecule has 0 N–H and O–H groups in total. The monoisotopic (exact) mass is 344 g/mol. The highest BCUT2D eigenvalue weighted by Crippen LogP contribution is 2.60. The number of likely N-dealkylation sites (tertiary alicyclic amines) is 1. The maximum absolute atomic E-state index is 2.72. The minimum Gasteiger partial charge on any atom is -0.326 e. The lowest BCUT2D eigenvalue weighted by atomic mass is 9.86. The van der Waals surface area contributed by atoms with Gasteiger partial charge in [-0.2, -0.15) is 0 Å². The van der Waals surface area contributed by atoms with Crippen molar-refractivity contribution in [3.63, 3.8) is 0 Å². The number of hydrogen-bond acceptors (Lipinski definition) is 3. The minimum atomic E-state index is 0.302. The first kappa shape index (κ1) is 14.7. The zero-order valence-corrected chi connectivity index (χ0v) is 15.3. The summed E-state index contributed by atoms with van der Waals surface area (Å²) in [7, 11) is 2.33. The molecule has 5 rings (SSSR count). The highest BCUT2D eigenvalue weighted by Gasteiger charge is 2.49. The molecule has 3 aliphatic heterocycles. The lowest BCUT2D eigenvalue weighted by Crippen LogP contribution is -2.47. The third kappa shape index (κ3) is 2.14. The first-order chi connectivity index (χ1) is 11.3. The van der Waals surface area contributed by atoms with Crippen LogP contribution >= 0.6 is 23.5 Å². The van der Waals surface area contributed by atoms with E-state index in [1.54, 1.807) is 5.69 Å². The van der Waals surface area contributed by atoms with Crippen molar-refractivity contribution in [2.24, 2.45) is 5.92 Å². The predicted molar refractivity (Wildman–Crippen MR) is 102 cm³/mol. The molecule has 4 heterocycles. The normalized spacial score (nSPS) is 30.3. The fraction of sp³-hybridized carbons (Fsp3) is 0.579. The van der Waals surface area contributed by atoms with Gasteiger partial charge in [-0.15, -0.1) is 23.5 Å². The molecular weight excluding hydrogens is 320 g/mol. The summed E-state index contributed by atoms with van der Waals surface area (Å²) in [5.41, 5.74) is 3.03. The lowest BCUT2D eigenvalue weighted by Gasteiger charge is -2.51. The number of para-hydroxylation sites is 1. The molecule has 1 spiro atoms. The zero-order chi connectivity index (χ0) is 15.4. The molecule has 122 valence electrons. The molecule has 1 aromatic heterocycles. The Morgan fingerprint density at radius 1 is 1.13 bits per heavy atom. The van der Waals surface area contributed by atoms with E-state index >= 15 is 0 Å². The lowest BCUT2D eigenvalue weighted by molar-refractivity contribution is 0.0459. The van der Waals surface area contributed by atoms with Gasteiger partial charge in [0.1, 0.15) is 4.08 Å². The third-order valence-corrected chi connectivity index (χ3v) is 9.23. The summed E-state index contributed by atoms with van der Waals surface area (Å²) >= 11 is 4.45. The molecule has 1 aromatic carbocycles. The van der Waals surface area contributed by atoms with Gasteiger partial charge in [0.15, 0.2) is 0 Å². The zero-order valence-electron chi connectivity index (χ0n) is 13.7. The number of piperidine rings is 1. The second-order valence-corrected chi connectivity index (χ2v) is 10.3. The van der Waals surface area contributed by atoms with Crippen LogP contribution in [0.15, 0.2) is 30.3 Å². The molecule has 0 radical (unpaired) electrons. The molecule has 23 heavy (non-hydrogen) atoms. The Bertz CT molecular complexity index is 732. The summed E-state index contributed by atoms with van der Waals surface area (Å²) in [5.74, 6) is 3.44. The number of rotatable bonds is 0. The van der Waals surface area contributed by atoms with Gasteiger partial charge in [0.25, 0.3) is 0 Å². The fourth-order valence-corrected chi connectivity index (χ4v) is 8.43. The van der Waals surface area contributed by atoms with Crippen molar-refractivity contribution in [3.8, 4) is 0 Å². The van der Waals surface area contributed by atoms with Gasteiger partial charge in [0.05, 0.1) is 6.17 Å². The Labute approximate surface area is 147 Å². The number of fused-ring (bicyclic) bond motifs is 6. The molecule has 0 amide bonds. The second kappa shape index (κ2) is 5.47. The molecule has 2 aromatic rings. The van der Waals surface area contributed by atoms with E-state index in [0.29, 0.717) is 10.2 Å². The highest BCUT2D eigenvalue weighted by atomic mass is 32.2. The van der Waals surface area contributed by atoms with Crippen molar-refractivity contribution in [3.05, 3.63) is 36.0 Å². The molecule has 0 saturated carbocycles. The molecule has 2 saturated heterocycles. The summed E-state index contributed by atoms with van der Waals surface area (Å²) in [5, 5.41) is 1.42. The van der Waals surface area contributed by atoms with Crippen LogP contribution in [0.5, 0.6) is 0 Å². The summed E-state index contributed by atoms with van der Waals surface area (Å²) in [6.07, 6.45) is 6.04. The Balaban J connectivity index is 1.76. The quantitative estimate of drug-likeness (QED) is 0.671. The van der Waals surface area contributed by atoms with Gasteiger partial charge in [-0.1, -0.05) is 18.2 Å². The van der Waals surface area contributed by atoms with Gasteiger partial charge in [0, 0.05) is 11.2 Å². The topological polar surface area (TPSA) is 8.17 Å². The van der Waals surface area contributed by atoms with Crippen LogP contribution in [-0.4, -0.2) is 34.6 Å². The van der Waals surface area contributed by atoms with E-state index in [2.05, 4.69) is 70.4 Å². The maximum atomic E-state index is 2.72. The second-order valence-electron chi connectivity index (χ2n) is 7.26. The molecule has 0 bridgehead atoms. The molecule has 0 aliphatic carbocycles. The van der Waals surface area contributed by atoms with Crippen molar-refractivity contribution in [2.45, 2.75) is 35.9 Å². The van der Waals surface area contributed by atoms with Crippen LogP contribution in [-0.2, 0) is 4.08 Å². The Kier molecular flexibility index (Phi) is 3.50. The van der Waals surface area contributed by atoms with Gasteiger partial charge in [-0.05, 0) is 74.2 Å². The average Bonchev–Trinajstić information content (AvgIpc) is 2.97. The van der Waals surface area contributed by atoms with Crippen LogP contribution in [0.25, 0.3) is 10.9 Å². The molecule has 2 atom stereocenters. The average molecular weight is 345 g/mol. The molecule has 4 heteroatoms. The van der Waals surface area contributed by atoms with Crippen molar-refractivity contribution in [2.75, 3.05) is 25.1 Å². The molecular formula is C19H24N2S2. The standard InChI is InChI=1S/C19H24N2S2/c1-20-9-4-7-15-13-19(22-10-5-11-23-19)17-12-14-6-2-3-8-16(14)21(17)18(15)20/h2-3,6,8,12,15,18H,4-5,7,9-11,13H2,1H3/t15-,18-/m1/s1. The Hall–Kier alpha value is -0.580. The van der Waals surface area contributed by atoms with Crippen LogP contribution in [0.3, 0.4) is 0 Å². The van der Waals surface area contributed by atoms with E-state index in [4.69, 9.17) is 0 Å². The number of thioether (sulfide) groups is 2. The fourth-order valence-electron chi connectivity index (χ4n) is 4.90. The Morgan fingerprint density at radius 2 is 1.96 bits per heavy atom. The SMILES string of the molecule is CN1CCC[C@@H]2CC3(SCCCS3)c3cc4ccccc4n3[C@H]21. The first-order valence-corrected chi connectivity index (χ1v) is 10.8. The minimum absolute atomic E-state index is 0.302. The molecule has 2 nitrogen and oxygen atoms in total.